The van der Waals surface area contributed by atoms with Crippen LogP contribution in [0.25, 0.3) is 0 Å². The van der Waals surface area contributed by atoms with Crippen LogP contribution in [0.2, 0.25) is 0 Å². The molecule has 0 saturated heterocycles. The molecule has 0 spiro atoms. The highest BCUT2D eigenvalue weighted by molar-refractivity contribution is 5.24. The van der Waals surface area contributed by atoms with Crippen molar-refractivity contribution in [3.8, 4) is 5.75 Å². The summed E-state index contributed by atoms with van der Waals surface area (Å²) in [6, 6.07) is 17.5. The molecule has 0 radical (unpaired) electrons. The Kier molecular flexibility index (Phi) is 13.1. The van der Waals surface area contributed by atoms with Gasteiger partial charge in [0, 0.05) is 0 Å². The second-order valence-electron chi connectivity index (χ2n) is 3.67. The van der Waals surface area contributed by atoms with Crippen molar-refractivity contribution in [1.82, 2.24) is 0 Å². The molecule has 0 atom stereocenters. The Balaban J connectivity index is 0. The van der Waals surface area contributed by atoms with Gasteiger partial charge in [-0.3, -0.25) is 0 Å². The molecule has 2 aromatic carbocycles. The maximum absolute atomic E-state index is 8.76. The molecule has 0 aliphatic rings. The number of benzene rings is 2. The van der Waals surface area contributed by atoms with Gasteiger partial charge in [0.2, 0.25) is 0 Å². The van der Waals surface area contributed by atoms with Crippen molar-refractivity contribution in [2.45, 2.75) is 41.5 Å². The smallest absolute Gasteiger partial charge is 0.115 e. The maximum atomic E-state index is 8.76. The predicted molar refractivity (Wildman–Crippen MR) is 86.7 cm³/mol. The first-order chi connectivity index (χ1) is 8.72. The Morgan fingerprint density at radius 3 is 1.63 bits per heavy atom. The molecule has 0 aromatic heterocycles. The molecule has 0 unspecified atom stereocenters. The number of phenols is 1. The summed E-state index contributed by atoms with van der Waals surface area (Å²) in [4.78, 5) is 0. The van der Waals surface area contributed by atoms with Crippen LogP contribution < -0.4 is 0 Å². The van der Waals surface area contributed by atoms with Crippen LogP contribution in [0.4, 0.5) is 0 Å². The summed E-state index contributed by atoms with van der Waals surface area (Å²) in [6.45, 7) is 8.15. The van der Waals surface area contributed by atoms with Crippen molar-refractivity contribution in [2.75, 3.05) is 0 Å². The quantitative estimate of drug-likeness (QED) is 0.706. The van der Waals surface area contributed by atoms with Crippen molar-refractivity contribution < 1.29 is 5.11 Å². The maximum Gasteiger partial charge on any atom is 0.115 e. The third-order valence-electron chi connectivity index (χ3n) is 2.29. The van der Waals surface area contributed by atoms with Crippen LogP contribution in [0.15, 0.2) is 54.6 Å². The first-order valence-corrected chi connectivity index (χ1v) is 6.52. The highest BCUT2D eigenvalue weighted by atomic mass is 16.3. The molecular formula is C18H28O. The average molecular weight is 260 g/mol. The van der Waals surface area contributed by atoms with Crippen LogP contribution in [-0.2, 0) is 6.42 Å². The molecule has 0 heterocycles. The fourth-order valence-electron chi connectivity index (χ4n) is 1.26. The minimum Gasteiger partial charge on any atom is -0.508 e. The van der Waals surface area contributed by atoms with E-state index in [1.54, 1.807) is 12.1 Å². The summed E-state index contributed by atoms with van der Waals surface area (Å²) >= 11 is 0. The zero-order chi connectivity index (χ0) is 13.8. The van der Waals surface area contributed by atoms with Crippen LogP contribution in [0.1, 0.15) is 39.3 Å². The van der Waals surface area contributed by atoms with Gasteiger partial charge in [0.15, 0.2) is 0 Å². The fraction of sp³-hybridized carbons (Fsp3) is 0.333. The van der Waals surface area contributed by atoms with Gasteiger partial charge in [-0.25, -0.2) is 0 Å². The fourth-order valence-corrected chi connectivity index (χ4v) is 1.26. The minimum atomic E-state index is 0. The summed E-state index contributed by atoms with van der Waals surface area (Å²) in [6.07, 6.45) is 1.14. The van der Waals surface area contributed by atoms with E-state index in [4.69, 9.17) is 5.11 Å². The molecule has 0 aliphatic carbocycles. The van der Waals surface area contributed by atoms with Crippen molar-refractivity contribution >= 4 is 0 Å². The van der Waals surface area contributed by atoms with Gasteiger partial charge in [0.05, 0.1) is 0 Å². The van der Waals surface area contributed by atoms with Crippen molar-refractivity contribution in [2.24, 2.45) is 0 Å². The lowest BCUT2D eigenvalue weighted by Gasteiger charge is -1.89. The van der Waals surface area contributed by atoms with E-state index in [9.17, 15) is 0 Å². The van der Waals surface area contributed by atoms with Gasteiger partial charge < -0.3 is 5.11 Å². The molecule has 0 aliphatic heterocycles. The minimum absolute atomic E-state index is 0. The normalized spacial score (nSPS) is 8.00. The zero-order valence-electron chi connectivity index (χ0n) is 11.9. The van der Waals surface area contributed by atoms with E-state index in [1.807, 2.05) is 39.0 Å². The van der Waals surface area contributed by atoms with Crippen molar-refractivity contribution in [1.29, 1.82) is 0 Å². The highest BCUT2D eigenvalue weighted by Crippen LogP contribution is 2.07. The van der Waals surface area contributed by atoms with E-state index in [2.05, 4.69) is 31.2 Å². The predicted octanol–water partition coefficient (Wildman–Crippen LogP) is 5.61. The molecule has 0 saturated carbocycles. The number of hydrogen-bond acceptors (Lipinski definition) is 1. The van der Waals surface area contributed by atoms with E-state index in [-0.39, 0.29) is 7.43 Å². The molecule has 0 fully saturated rings. The monoisotopic (exact) mass is 260 g/mol. The molecule has 0 amide bonds. The molecule has 0 bridgehead atoms. The van der Waals surface area contributed by atoms with Crippen molar-refractivity contribution in [3.05, 3.63) is 65.7 Å². The summed E-state index contributed by atoms with van der Waals surface area (Å²) in [7, 11) is 0. The Morgan fingerprint density at radius 1 is 0.842 bits per heavy atom. The molecular weight excluding hydrogens is 232 g/mol. The van der Waals surface area contributed by atoms with Crippen molar-refractivity contribution in [3.63, 3.8) is 0 Å². The van der Waals surface area contributed by atoms with Crippen LogP contribution >= 0.6 is 0 Å². The Labute approximate surface area is 118 Å². The third-order valence-corrected chi connectivity index (χ3v) is 2.29. The van der Waals surface area contributed by atoms with E-state index in [1.165, 1.54) is 11.1 Å². The number of phenolic OH excluding ortho intramolecular Hbond substituents is 1. The van der Waals surface area contributed by atoms with Crippen LogP contribution in [0.3, 0.4) is 0 Å². The lowest BCUT2D eigenvalue weighted by molar-refractivity contribution is 0.475. The molecule has 1 heteroatoms. The van der Waals surface area contributed by atoms with Gasteiger partial charge >= 0.3 is 0 Å². The summed E-state index contributed by atoms with van der Waals surface area (Å²) < 4.78 is 0. The first kappa shape index (κ1) is 19.6. The second-order valence-corrected chi connectivity index (χ2v) is 3.67. The van der Waals surface area contributed by atoms with Crippen LogP contribution in [-0.4, -0.2) is 5.11 Å². The molecule has 1 nitrogen and oxygen atoms in total. The number of aromatic hydroxyl groups is 1. The Morgan fingerprint density at radius 2 is 1.32 bits per heavy atom. The van der Waals surface area contributed by atoms with Gasteiger partial charge in [-0.15, -0.1) is 0 Å². The highest BCUT2D eigenvalue weighted by Gasteiger charge is 1.82. The number of rotatable bonds is 1. The third kappa shape index (κ3) is 9.90. The molecule has 2 aromatic rings. The number of hydrogen-bond donors (Lipinski definition) is 1. The Bertz CT molecular complexity index is 369. The lowest BCUT2D eigenvalue weighted by atomic mass is 10.2. The summed E-state index contributed by atoms with van der Waals surface area (Å²) in [5, 5.41) is 8.76. The van der Waals surface area contributed by atoms with E-state index in [0.717, 1.165) is 6.42 Å². The molecule has 106 valence electrons. The zero-order valence-corrected chi connectivity index (χ0v) is 11.9. The largest absolute Gasteiger partial charge is 0.508 e. The van der Waals surface area contributed by atoms with Crippen LogP contribution in [0.5, 0.6) is 5.75 Å². The van der Waals surface area contributed by atoms with Gasteiger partial charge in [-0.1, -0.05) is 76.2 Å². The molecule has 2 rings (SSSR count). The van der Waals surface area contributed by atoms with Gasteiger partial charge in [0.1, 0.15) is 5.75 Å². The first-order valence-electron chi connectivity index (χ1n) is 6.52. The standard InChI is InChI=1S/C8H10.C7H8O.C2H6.CH4/c1-2-8-6-4-3-5-7-8;1-6-2-4-7(8)5-3-6;1-2;/h3-7H,2H2,1H3;2-5,8H,1H3;1-2H3;1H4. The number of aryl methyl sites for hydroxylation is 2. The Hall–Kier alpha value is -1.76. The van der Waals surface area contributed by atoms with Gasteiger partial charge in [0.25, 0.3) is 0 Å². The summed E-state index contributed by atoms with van der Waals surface area (Å²) in [5.41, 5.74) is 2.58. The topological polar surface area (TPSA) is 20.2 Å². The van der Waals surface area contributed by atoms with E-state index < -0.39 is 0 Å². The SMILES string of the molecule is C.CC.CCc1ccccc1.Cc1ccc(O)cc1. The average Bonchev–Trinajstić information content (AvgIpc) is 2.46. The summed E-state index contributed by atoms with van der Waals surface area (Å²) in [5.74, 6) is 0.329. The van der Waals surface area contributed by atoms with Crippen LogP contribution in [0, 0.1) is 6.92 Å². The van der Waals surface area contributed by atoms with E-state index in [0.29, 0.717) is 5.75 Å². The van der Waals surface area contributed by atoms with Gasteiger partial charge in [-0.2, -0.15) is 0 Å². The molecule has 1 N–H and O–H groups in total. The second kappa shape index (κ2) is 12.7. The van der Waals surface area contributed by atoms with Gasteiger partial charge in [-0.05, 0) is 31.0 Å². The van der Waals surface area contributed by atoms with E-state index >= 15 is 0 Å². The molecule has 19 heavy (non-hydrogen) atoms. The lowest BCUT2D eigenvalue weighted by Crippen LogP contribution is -1.73.